The summed E-state index contributed by atoms with van der Waals surface area (Å²) in [5, 5.41) is 0. The standard InChI is InChI=1S/C11H13FIN/c12-9-4-3-8(6-10(9)13)11(14)5-7-1-2-7/h3-4,6-7,11H,1-2,5,14H2/t11-/m0/s1. The summed E-state index contributed by atoms with van der Waals surface area (Å²) in [4.78, 5) is 0. The molecule has 76 valence electrons. The number of nitrogens with two attached hydrogens (primary N) is 1. The average molecular weight is 305 g/mol. The van der Waals surface area contributed by atoms with E-state index in [-0.39, 0.29) is 11.9 Å². The first-order valence-electron chi connectivity index (χ1n) is 4.87. The predicted octanol–water partition coefficient (Wildman–Crippen LogP) is 3.23. The van der Waals surface area contributed by atoms with Gasteiger partial charge in [0.15, 0.2) is 0 Å². The molecule has 0 amide bonds. The lowest BCUT2D eigenvalue weighted by Gasteiger charge is -2.11. The molecule has 0 bridgehead atoms. The molecule has 0 aromatic heterocycles. The van der Waals surface area contributed by atoms with Gasteiger partial charge in [-0.05, 0) is 52.6 Å². The van der Waals surface area contributed by atoms with Gasteiger partial charge in [0.05, 0.1) is 0 Å². The molecule has 0 saturated heterocycles. The van der Waals surface area contributed by atoms with E-state index < -0.39 is 0 Å². The van der Waals surface area contributed by atoms with Crippen molar-refractivity contribution in [3.63, 3.8) is 0 Å². The molecule has 1 atom stereocenters. The van der Waals surface area contributed by atoms with Crippen LogP contribution in [0.2, 0.25) is 0 Å². The van der Waals surface area contributed by atoms with Crippen LogP contribution in [0, 0.1) is 15.3 Å². The summed E-state index contributed by atoms with van der Waals surface area (Å²) in [5.74, 6) is 0.653. The zero-order valence-electron chi connectivity index (χ0n) is 7.84. The lowest BCUT2D eigenvalue weighted by atomic mass is 10.0. The van der Waals surface area contributed by atoms with Gasteiger partial charge in [-0.1, -0.05) is 18.9 Å². The van der Waals surface area contributed by atoms with Gasteiger partial charge in [-0.2, -0.15) is 0 Å². The Balaban J connectivity index is 2.10. The third kappa shape index (κ3) is 2.45. The molecular formula is C11H13FIN. The smallest absolute Gasteiger partial charge is 0.136 e. The first-order valence-corrected chi connectivity index (χ1v) is 5.95. The van der Waals surface area contributed by atoms with Crippen molar-refractivity contribution in [2.24, 2.45) is 11.7 Å². The van der Waals surface area contributed by atoms with Crippen LogP contribution in [0.15, 0.2) is 18.2 Å². The van der Waals surface area contributed by atoms with Gasteiger partial charge in [-0.3, -0.25) is 0 Å². The van der Waals surface area contributed by atoms with Gasteiger partial charge in [0, 0.05) is 9.61 Å². The van der Waals surface area contributed by atoms with Crippen LogP contribution in [0.3, 0.4) is 0 Å². The van der Waals surface area contributed by atoms with Crippen molar-refractivity contribution in [1.29, 1.82) is 0 Å². The first kappa shape index (κ1) is 10.4. The summed E-state index contributed by atoms with van der Waals surface area (Å²) in [6.45, 7) is 0. The van der Waals surface area contributed by atoms with Crippen LogP contribution >= 0.6 is 22.6 Å². The van der Waals surface area contributed by atoms with Crippen molar-refractivity contribution in [3.05, 3.63) is 33.1 Å². The summed E-state index contributed by atoms with van der Waals surface area (Å²) in [5.41, 5.74) is 7.09. The molecule has 0 aliphatic heterocycles. The third-order valence-electron chi connectivity index (χ3n) is 2.66. The maximum Gasteiger partial charge on any atom is 0.136 e. The Labute approximate surface area is 97.0 Å². The quantitative estimate of drug-likeness (QED) is 0.853. The highest BCUT2D eigenvalue weighted by Gasteiger charge is 2.24. The minimum Gasteiger partial charge on any atom is -0.324 e. The lowest BCUT2D eigenvalue weighted by molar-refractivity contribution is 0.589. The Morgan fingerprint density at radius 1 is 1.50 bits per heavy atom. The van der Waals surface area contributed by atoms with Crippen molar-refractivity contribution in [3.8, 4) is 0 Å². The Morgan fingerprint density at radius 2 is 2.21 bits per heavy atom. The molecule has 0 spiro atoms. The maximum atomic E-state index is 13.0. The second kappa shape index (κ2) is 4.14. The van der Waals surface area contributed by atoms with E-state index in [9.17, 15) is 4.39 Å². The third-order valence-corrected chi connectivity index (χ3v) is 3.48. The summed E-state index contributed by atoms with van der Waals surface area (Å²) >= 11 is 2.00. The highest BCUT2D eigenvalue weighted by Crippen LogP contribution is 2.36. The predicted molar refractivity (Wildman–Crippen MR) is 63.4 cm³/mol. The van der Waals surface area contributed by atoms with E-state index in [2.05, 4.69) is 0 Å². The number of halogens is 2. The van der Waals surface area contributed by atoms with Gasteiger partial charge in [0.1, 0.15) is 5.82 Å². The second-order valence-electron chi connectivity index (χ2n) is 3.96. The van der Waals surface area contributed by atoms with E-state index in [1.165, 1.54) is 18.9 Å². The molecule has 1 saturated carbocycles. The Morgan fingerprint density at radius 3 is 2.79 bits per heavy atom. The molecule has 1 aliphatic rings. The fraction of sp³-hybridized carbons (Fsp3) is 0.455. The topological polar surface area (TPSA) is 26.0 Å². The minimum atomic E-state index is -0.159. The maximum absolute atomic E-state index is 13.0. The van der Waals surface area contributed by atoms with Gasteiger partial charge in [-0.15, -0.1) is 0 Å². The molecule has 2 N–H and O–H groups in total. The summed E-state index contributed by atoms with van der Waals surface area (Å²) < 4.78 is 13.6. The number of rotatable bonds is 3. The Kier molecular flexibility index (Phi) is 3.07. The van der Waals surface area contributed by atoms with Gasteiger partial charge < -0.3 is 5.73 Å². The average Bonchev–Trinajstić information content (AvgIpc) is 2.93. The molecule has 1 fully saturated rings. The van der Waals surface area contributed by atoms with Gasteiger partial charge >= 0.3 is 0 Å². The SMILES string of the molecule is N[C@@H](CC1CC1)c1ccc(F)c(I)c1. The lowest BCUT2D eigenvalue weighted by Crippen LogP contribution is -2.11. The molecule has 0 radical (unpaired) electrons. The van der Waals surface area contributed by atoms with E-state index in [1.807, 2.05) is 28.7 Å². The Hall–Kier alpha value is -0.160. The van der Waals surface area contributed by atoms with Gasteiger partial charge in [-0.25, -0.2) is 4.39 Å². The zero-order chi connectivity index (χ0) is 10.1. The van der Waals surface area contributed by atoms with E-state index in [4.69, 9.17) is 5.73 Å². The Bertz CT molecular complexity index is 336. The van der Waals surface area contributed by atoms with Gasteiger partial charge in [0.2, 0.25) is 0 Å². The van der Waals surface area contributed by atoms with Crippen LogP contribution in [0.1, 0.15) is 30.9 Å². The van der Waals surface area contributed by atoms with Crippen LogP contribution in [0.25, 0.3) is 0 Å². The van der Waals surface area contributed by atoms with Crippen LogP contribution in [0.4, 0.5) is 4.39 Å². The molecule has 1 aromatic rings. The highest BCUT2D eigenvalue weighted by atomic mass is 127. The van der Waals surface area contributed by atoms with Crippen LogP contribution in [-0.4, -0.2) is 0 Å². The van der Waals surface area contributed by atoms with Crippen LogP contribution < -0.4 is 5.73 Å². The second-order valence-corrected chi connectivity index (χ2v) is 5.12. The summed E-state index contributed by atoms with van der Waals surface area (Å²) in [7, 11) is 0. The van der Waals surface area contributed by atoms with Crippen molar-refractivity contribution >= 4 is 22.6 Å². The van der Waals surface area contributed by atoms with Crippen LogP contribution in [-0.2, 0) is 0 Å². The van der Waals surface area contributed by atoms with E-state index in [0.717, 1.165) is 17.9 Å². The van der Waals surface area contributed by atoms with Gasteiger partial charge in [0.25, 0.3) is 0 Å². The molecule has 2 rings (SSSR count). The molecule has 0 heterocycles. The molecule has 1 aromatic carbocycles. The van der Waals surface area contributed by atoms with Crippen molar-refractivity contribution in [1.82, 2.24) is 0 Å². The van der Waals surface area contributed by atoms with E-state index >= 15 is 0 Å². The monoisotopic (exact) mass is 305 g/mol. The fourth-order valence-electron chi connectivity index (χ4n) is 1.59. The fourth-order valence-corrected chi connectivity index (χ4v) is 2.13. The first-order chi connectivity index (χ1) is 6.66. The van der Waals surface area contributed by atoms with Crippen LogP contribution in [0.5, 0.6) is 0 Å². The number of hydrogen-bond donors (Lipinski definition) is 1. The molecule has 14 heavy (non-hydrogen) atoms. The summed E-state index contributed by atoms with van der Waals surface area (Å²) in [6, 6.07) is 5.23. The summed E-state index contributed by atoms with van der Waals surface area (Å²) in [6.07, 6.45) is 3.67. The molecule has 3 heteroatoms. The molecular weight excluding hydrogens is 292 g/mol. The van der Waals surface area contributed by atoms with Crippen molar-refractivity contribution < 1.29 is 4.39 Å². The largest absolute Gasteiger partial charge is 0.324 e. The van der Waals surface area contributed by atoms with Crippen molar-refractivity contribution in [2.75, 3.05) is 0 Å². The minimum absolute atomic E-state index is 0.0802. The normalized spacial score (nSPS) is 18.2. The molecule has 0 unspecified atom stereocenters. The molecule has 1 aliphatic carbocycles. The van der Waals surface area contributed by atoms with Crippen molar-refractivity contribution in [2.45, 2.75) is 25.3 Å². The number of hydrogen-bond acceptors (Lipinski definition) is 1. The molecule has 1 nitrogen and oxygen atoms in total. The van der Waals surface area contributed by atoms with E-state index in [0.29, 0.717) is 3.57 Å². The zero-order valence-corrected chi connectivity index (χ0v) is 10.00. The van der Waals surface area contributed by atoms with E-state index in [1.54, 1.807) is 6.07 Å². The number of benzene rings is 1. The highest BCUT2D eigenvalue weighted by molar-refractivity contribution is 14.1.